The lowest BCUT2D eigenvalue weighted by Gasteiger charge is -2.31. The molecule has 2 aromatic carbocycles. The van der Waals surface area contributed by atoms with Crippen molar-refractivity contribution < 1.29 is 33.6 Å². The lowest BCUT2D eigenvalue weighted by molar-refractivity contribution is -0.140. The fraction of sp³-hybridized carbons (Fsp3) is 0.407. The normalized spacial score (nSPS) is 20.0. The SMILES string of the molecule is CCOc1ccc([C@@H]2/C(=C(\O)c3ccc(OC)cc3)C(=O)C(=O)N2CCN2CCOCC2)cc1OC. The Morgan fingerprint density at radius 2 is 1.72 bits per heavy atom. The summed E-state index contributed by atoms with van der Waals surface area (Å²) in [5.74, 6) is 0.0640. The second-order valence-corrected chi connectivity index (χ2v) is 8.52. The van der Waals surface area contributed by atoms with Crippen molar-refractivity contribution >= 4 is 17.4 Å². The molecule has 1 N–H and O–H groups in total. The fourth-order valence-electron chi connectivity index (χ4n) is 4.56. The summed E-state index contributed by atoms with van der Waals surface area (Å²) in [6.07, 6.45) is 0. The fourth-order valence-corrected chi connectivity index (χ4v) is 4.56. The van der Waals surface area contributed by atoms with Crippen molar-refractivity contribution in [2.45, 2.75) is 13.0 Å². The smallest absolute Gasteiger partial charge is 0.295 e. The first kappa shape index (κ1) is 25.5. The molecule has 2 aliphatic heterocycles. The summed E-state index contributed by atoms with van der Waals surface area (Å²) < 4.78 is 21.8. The van der Waals surface area contributed by atoms with Crippen molar-refractivity contribution in [1.29, 1.82) is 0 Å². The van der Waals surface area contributed by atoms with Crippen molar-refractivity contribution in [3.05, 3.63) is 59.2 Å². The molecule has 9 nitrogen and oxygen atoms in total. The predicted octanol–water partition coefficient (Wildman–Crippen LogP) is 2.86. The van der Waals surface area contributed by atoms with Crippen LogP contribution in [0.15, 0.2) is 48.0 Å². The van der Waals surface area contributed by atoms with E-state index in [-0.39, 0.29) is 11.3 Å². The van der Waals surface area contributed by atoms with Crippen molar-refractivity contribution in [3.63, 3.8) is 0 Å². The highest BCUT2D eigenvalue weighted by molar-refractivity contribution is 6.46. The number of nitrogens with zero attached hydrogens (tertiary/aromatic N) is 2. The summed E-state index contributed by atoms with van der Waals surface area (Å²) in [6, 6.07) is 11.2. The van der Waals surface area contributed by atoms with Gasteiger partial charge in [-0.1, -0.05) is 6.07 Å². The van der Waals surface area contributed by atoms with Crippen molar-refractivity contribution in [2.75, 3.05) is 60.2 Å². The minimum Gasteiger partial charge on any atom is -0.507 e. The maximum absolute atomic E-state index is 13.3. The van der Waals surface area contributed by atoms with Crippen LogP contribution in [-0.4, -0.2) is 86.8 Å². The van der Waals surface area contributed by atoms with Crippen molar-refractivity contribution in [3.8, 4) is 17.2 Å². The molecule has 0 bridgehead atoms. The topological polar surface area (TPSA) is 97.8 Å². The molecule has 0 aliphatic carbocycles. The predicted molar refractivity (Wildman–Crippen MR) is 133 cm³/mol. The van der Waals surface area contributed by atoms with E-state index in [1.807, 2.05) is 6.92 Å². The van der Waals surface area contributed by atoms with Gasteiger partial charge in [-0.3, -0.25) is 14.5 Å². The van der Waals surface area contributed by atoms with Gasteiger partial charge in [0.25, 0.3) is 11.7 Å². The van der Waals surface area contributed by atoms with Gasteiger partial charge in [0.05, 0.1) is 45.7 Å². The third-order valence-corrected chi connectivity index (χ3v) is 6.47. The van der Waals surface area contributed by atoms with Gasteiger partial charge in [0.2, 0.25) is 0 Å². The minimum atomic E-state index is -0.780. The second kappa shape index (κ2) is 11.5. The number of Topliss-reactive ketones (excluding diaryl/α,β-unsaturated/α-hetero) is 1. The van der Waals surface area contributed by atoms with Crippen LogP contribution in [0.5, 0.6) is 17.2 Å². The molecule has 2 fully saturated rings. The maximum atomic E-state index is 13.3. The quantitative estimate of drug-likeness (QED) is 0.322. The van der Waals surface area contributed by atoms with Crippen LogP contribution in [0.3, 0.4) is 0 Å². The number of aliphatic hydroxyl groups is 1. The molecule has 2 aliphatic rings. The van der Waals surface area contributed by atoms with E-state index in [4.69, 9.17) is 18.9 Å². The molecule has 2 saturated heterocycles. The molecule has 9 heteroatoms. The Labute approximate surface area is 210 Å². The van der Waals surface area contributed by atoms with E-state index in [9.17, 15) is 14.7 Å². The zero-order valence-electron chi connectivity index (χ0n) is 20.9. The number of likely N-dealkylation sites (tertiary alicyclic amines) is 1. The zero-order valence-corrected chi connectivity index (χ0v) is 20.9. The Morgan fingerprint density at radius 3 is 2.36 bits per heavy atom. The van der Waals surface area contributed by atoms with Gasteiger partial charge in [0, 0.05) is 31.7 Å². The maximum Gasteiger partial charge on any atom is 0.295 e. The van der Waals surface area contributed by atoms with Crippen LogP contribution >= 0.6 is 0 Å². The Morgan fingerprint density at radius 1 is 1.00 bits per heavy atom. The summed E-state index contributed by atoms with van der Waals surface area (Å²) in [5, 5.41) is 11.3. The summed E-state index contributed by atoms with van der Waals surface area (Å²) in [7, 11) is 3.09. The number of benzene rings is 2. The molecule has 0 radical (unpaired) electrons. The van der Waals surface area contributed by atoms with Crippen molar-refractivity contribution in [1.82, 2.24) is 9.80 Å². The van der Waals surface area contributed by atoms with Gasteiger partial charge in [0.15, 0.2) is 11.5 Å². The van der Waals surface area contributed by atoms with E-state index in [0.29, 0.717) is 61.3 Å². The zero-order chi connectivity index (χ0) is 25.7. The number of amides is 1. The van der Waals surface area contributed by atoms with E-state index < -0.39 is 17.7 Å². The number of aliphatic hydroxyl groups excluding tert-OH is 1. The van der Waals surface area contributed by atoms with E-state index in [2.05, 4.69) is 4.90 Å². The number of hydrogen-bond donors (Lipinski definition) is 1. The number of carbonyl (C=O) groups is 2. The summed E-state index contributed by atoms with van der Waals surface area (Å²) in [4.78, 5) is 30.3. The lowest BCUT2D eigenvalue weighted by atomic mass is 9.95. The summed E-state index contributed by atoms with van der Waals surface area (Å²) in [5.41, 5.74) is 1.11. The Hall–Kier alpha value is -3.56. The highest BCUT2D eigenvalue weighted by Gasteiger charge is 2.46. The Bertz CT molecular complexity index is 1120. The lowest BCUT2D eigenvalue weighted by Crippen LogP contribution is -2.42. The van der Waals surface area contributed by atoms with Gasteiger partial charge in [-0.2, -0.15) is 0 Å². The van der Waals surface area contributed by atoms with Crippen molar-refractivity contribution in [2.24, 2.45) is 0 Å². The first-order valence-electron chi connectivity index (χ1n) is 12.0. The van der Waals surface area contributed by atoms with E-state index >= 15 is 0 Å². The van der Waals surface area contributed by atoms with Crippen LogP contribution in [-0.2, 0) is 14.3 Å². The molecular formula is C27H32N2O7. The molecule has 36 heavy (non-hydrogen) atoms. The van der Waals surface area contributed by atoms with Gasteiger partial charge < -0.3 is 29.0 Å². The molecule has 2 aromatic rings. The largest absolute Gasteiger partial charge is 0.507 e. The Balaban J connectivity index is 1.76. The second-order valence-electron chi connectivity index (χ2n) is 8.52. The van der Waals surface area contributed by atoms with Crippen LogP contribution < -0.4 is 14.2 Å². The first-order chi connectivity index (χ1) is 17.5. The van der Waals surface area contributed by atoms with Crippen LogP contribution in [0.4, 0.5) is 0 Å². The molecule has 0 unspecified atom stereocenters. The highest BCUT2D eigenvalue weighted by Crippen LogP contribution is 2.42. The van der Waals surface area contributed by atoms with Gasteiger partial charge in [-0.15, -0.1) is 0 Å². The number of hydrogen-bond acceptors (Lipinski definition) is 8. The molecule has 1 amide bonds. The molecule has 1 atom stereocenters. The molecule has 0 saturated carbocycles. The van der Waals surface area contributed by atoms with Crippen LogP contribution in [0.1, 0.15) is 24.1 Å². The first-order valence-corrected chi connectivity index (χ1v) is 12.0. The monoisotopic (exact) mass is 496 g/mol. The van der Waals surface area contributed by atoms with Gasteiger partial charge in [0.1, 0.15) is 11.5 Å². The number of ether oxygens (including phenoxy) is 4. The van der Waals surface area contributed by atoms with Crippen LogP contribution in [0.25, 0.3) is 5.76 Å². The highest BCUT2D eigenvalue weighted by atomic mass is 16.5. The standard InChI is InChI=1S/C27H32N2O7/c1-4-36-21-10-7-19(17-22(21)34-3)24-23(25(30)18-5-8-20(33-2)9-6-18)26(31)27(32)29(24)12-11-28-13-15-35-16-14-28/h5-10,17,24,30H,4,11-16H2,1-3H3/b25-23+/t24-/m1/s1. The summed E-state index contributed by atoms with van der Waals surface area (Å²) in [6.45, 7) is 6.04. The molecule has 0 spiro atoms. The number of methoxy groups -OCH3 is 2. The third kappa shape index (κ3) is 5.17. The third-order valence-electron chi connectivity index (χ3n) is 6.47. The van der Waals surface area contributed by atoms with Gasteiger partial charge >= 0.3 is 0 Å². The number of morpholine rings is 1. The minimum absolute atomic E-state index is 0.0401. The summed E-state index contributed by atoms with van der Waals surface area (Å²) >= 11 is 0. The molecule has 2 heterocycles. The average Bonchev–Trinajstić information content (AvgIpc) is 3.17. The van der Waals surface area contributed by atoms with Crippen LogP contribution in [0.2, 0.25) is 0 Å². The molecular weight excluding hydrogens is 464 g/mol. The molecule has 0 aromatic heterocycles. The number of rotatable bonds is 9. The molecule has 4 rings (SSSR count). The van der Waals surface area contributed by atoms with E-state index in [1.54, 1.807) is 49.6 Å². The average molecular weight is 497 g/mol. The van der Waals surface area contributed by atoms with Crippen LogP contribution in [0, 0.1) is 0 Å². The number of ketones is 1. The molecule has 192 valence electrons. The van der Waals surface area contributed by atoms with E-state index in [1.165, 1.54) is 12.0 Å². The van der Waals surface area contributed by atoms with Gasteiger partial charge in [-0.05, 0) is 48.9 Å². The Kier molecular flexibility index (Phi) is 8.12. The van der Waals surface area contributed by atoms with Gasteiger partial charge in [-0.25, -0.2) is 0 Å². The number of carbonyl (C=O) groups excluding carboxylic acids is 2. The van der Waals surface area contributed by atoms with E-state index in [0.717, 1.165) is 13.1 Å².